The van der Waals surface area contributed by atoms with Crippen molar-refractivity contribution in [3.8, 4) is 0 Å². The first-order valence-corrected chi connectivity index (χ1v) is 5.90. The molecule has 1 aromatic rings. The van der Waals surface area contributed by atoms with Crippen LogP contribution >= 0.6 is 0 Å². The van der Waals surface area contributed by atoms with Gasteiger partial charge in [0.15, 0.2) is 11.5 Å². The summed E-state index contributed by atoms with van der Waals surface area (Å²) >= 11 is 0. The van der Waals surface area contributed by atoms with E-state index in [1.54, 1.807) is 6.20 Å². The lowest BCUT2D eigenvalue weighted by molar-refractivity contribution is 0.0690. The van der Waals surface area contributed by atoms with E-state index in [-0.39, 0.29) is 5.69 Å². The Morgan fingerprint density at radius 1 is 1.47 bits per heavy atom. The molecule has 0 bridgehead atoms. The molecule has 0 aliphatic heterocycles. The van der Waals surface area contributed by atoms with E-state index in [0.717, 1.165) is 19.4 Å². The summed E-state index contributed by atoms with van der Waals surface area (Å²) in [5.74, 6) is -0.0297. The Hall–Kier alpha value is -1.65. The van der Waals surface area contributed by atoms with Crippen LogP contribution in [0.5, 0.6) is 0 Å². The van der Waals surface area contributed by atoms with Gasteiger partial charge in [-0.25, -0.2) is 14.8 Å². The number of carboxylic acid groups (broad SMARTS) is 1. The lowest BCUT2D eigenvalue weighted by atomic mass is 10.2. The molecule has 1 aliphatic carbocycles. The number of carbonyl (C=O) groups is 1. The Bertz CT molecular complexity index is 416. The molecule has 5 nitrogen and oxygen atoms in total. The maximum atomic E-state index is 11.1. The van der Waals surface area contributed by atoms with E-state index < -0.39 is 5.97 Å². The van der Waals surface area contributed by atoms with Gasteiger partial charge in [0.25, 0.3) is 0 Å². The fourth-order valence-electron chi connectivity index (χ4n) is 1.88. The van der Waals surface area contributed by atoms with E-state index in [1.807, 2.05) is 0 Å². The Balaban J connectivity index is 2.31. The summed E-state index contributed by atoms with van der Waals surface area (Å²) in [6, 6.07) is 0.437. The number of nitrogens with zero attached hydrogens (tertiary/aromatic N) is 3. The number of rotatable bonds is 5. The maximum absolute atomic E-state index is 11.1. The van der Waals surface area contributed by atoms with E-state index in [0.29, 0.717) is 17.8 Å². The largest absolute Gasteiger partial charge is 0.476 e. The zero-order valence-corrected chi connectivity index (χ0v) is 10.1. The summed E-state index contributed by atoms with van der Waals surface area (Å²) in [6.45, 7) is 5.06. The van der Waals surface area contributed by atoms with Crippen molar-refractivity contribution in [1.82, 2.24) is 9.97 Å². The van der Waals surface area contributed by atoms with Gasteiger partial charge < -0.3 is 10.0 Å². The van der Waals surface area contributed by atoms with Crippen LogP contribution in [0.2, 0.25) is 0 Å². The van der Waals surface area contributed by atoms with Crippen LogP contribution in [0.25, 0.3) is 0 Å². The molecule has 5 heteroatoms. The van der Waals surface area contributed by atoms with Gasteiger partial charge in [0.05, 0.1) is 0 Å². The van der Waals surface area contributed by atoms with Gasteiger partial charge >= 0.3 is 5.97 Å². The molecule has 1 N–H and O–H groups in total. The van der Waals surface area contributed by atoms with Crippen LogP contribution in [0, 0.1) is 5.92 Å². The lowest BCUT2D eigenvalue weighted by Gasteiger charge is -2.26. The van der Waals surface area contributed by atoms with Gasteiger partial charge in [-0.1, -0.05) is 13.8 Å². The van der Waals surface area contributed by atoms with Crippen LogP contribution in [-0.4, -0.2) is 33.6 Å². The highest BCUT2D eigenvalue weighted by molar-refractivity contribution is 5.91. The van der Waals surface area contributed by atoms with Gasteiger partial charge in [-0.15, -0.1) is 0 Å². The molecule has 0 amide bonds. The zero-order chi connectivity index (χ0) is 12.4. The lowest BCUT2D eigenvalue weighted by Crippen LogP contribution is -2.32. The molecule has 0 aromatic carbocycles. The highest BCUT2D eigenvalue weighted by Crippen LogP contribution is 2.32. The first-order chi connectivity index (χ1) is 8.09. The van der Waals surface area contributed by atoms with Crippen LogP contribution in [-0.2, 0) is 0 Å². The molecule has 0 spiro atoms. The Kier molecular flexibility index (Phi) is 3.26. The molecular formula is C12H17N3O2. The van der Waals surface area contributed by atoms with Gasteiger partial charge in [-0.2, -0.15) is 0 Å². The number of hydrogen-bond donors (Lipinski definition) is 1. The molecular weight excluding hydrogens is 218 g/mol. The SMILES string of the molecule is CC(C)CN(c1nccnc1C(=O)O)C1CC1. The van der Waals surface area contributed by atoms with E-state index in [1.165, 1.54) is 6.20 Å². The number of carboxylic acids is 1. The minimum atomic E-state index is -1.01. The third-order valence-corrected chi connectivity index (χ3v) is 2.70. The summed E-state index contributed by atoms with van der Waals surface area (Å²) in [4.78, 5) is 21.3. The fourth-order valence-corrected chi connectivity index (χ4v) is 1.88. The zero-order valence-electron chi connectivity index (χ0n) is 10.1. The molecule has 92 valence electrons. The van der Waals surface area contributed by atoms with E-state index in [2.05, 4.69) is 28.7 Å². The summed E-state index contributed by atoms with van der Waals surface area (Å²) < 4.78 is 0. The molecule has 0 unspecified atom stereocenters. The van der Waals surface area contributed by atoms with Crippen molar-refractivity contribution >= 4 is 11.8 Å². The number of aromatic carboxylic acids is 1. The third kappa shape index (κ3) is 2.72. The standard InChI is InChI=1S/C12H17N3O2/c1-8(2)7-15(9-3-4-9)11-10(12(16)17)13-5-6-14-11/h5-6,8-9H,3-4,7H2,1-2H3,(H,16,17). The van der Waals surface area contributed by atoms with Crippen LogP contribution in [0.4, 0.5) is 5.82 Å². The van der Waals surface area contributed by atoms with Gasteiger partial charge in [-0.05, 0) is 18.8 Å². The second-order valence-electron chi connectivity index (χ2n) is 4.81. The van der Waals surface area contributed by atoms with Gasteiger partial charge in [0.2, 0.25) is 0 Å². The Labute approximate surface area is 100 Å². The summed E-state index contributed by atoms with van der Waals surface area (Å²) in [5.41, 5.74) is 0.0556. The smallest absolute Gasteiger partial charge is 0.358 e. The maximum Gasteiger partial charge on any atom is 0.358 e. The monoisotopic (exact) mass is 235 g/mol. The molecule has 1 aromatic heterocycles. The van der Waals surface area contributed by atoms with Crippen molar-refractivity contribution in [2.45, 2.75) is 32.7 Å². The third-order valence-electron chi connectivity index (χ3n) is 2.70. The van der Waals surface area contributed by atoms with Gasteiger partial charge in [0.1, 0.15) is 0 Å². The average Bonchev–Trinajstić information content (AvgIpc) is 3.09. The molecule has 2 rings (SSSR count). The first-order valence-electron chi connectivity index (χ1n) is 5.90. The molecule has 1 heterocycles. The molecule has 1 fully saturated rings. The summed E-state index contributed by atoms with van der Waals surface area (Å²) in [5, 5.41) is 9.12. The van der Waals surface area contributed by atoms with E-state index in [9.17, 15) is 4.79 Å². The minimum absolute atomic E-state index is 0.0556. The van der Waals surface area contributed by atoms with Crippen LogP contribution in [0.1, 0.15) is 37.2 Å². The predicted molar refractivity (Wildman–Crippen MR) is 64.2 cm³/mol. The molecule has 0 radical (unpaired) electrons. The second kappa shape index (κ2) is 4.69. The number of anilines is 1. The first kappa shape index (κ1) is 11.8. The fraction of sp³-hybridized carbons (Fsp3) is 0.583. The van der Waals surface area contributed by atoms with Crippen molar-refractivity contribution in [3.63, 3.8) is 0 Å². The average molecular weight is 235 g/mol. The van der Waals surface area contributed by atoms with Crippen LogP contribution in [0.3, 0.4) is 0 Å². The Morgan fingerprint density at radius 3 is 2.65 bits per heavy atom. The molecule has 0 saturated heterocycles. The number of hydrogen-bond acceptors (Lipinski definition) is 4. The van der Waals surface area contributed by atoms with Crippen LogP contribution in [0.15, 0.2) is 12.4 Å². The summed E-state index contributed by atoms with van der Waals surface area (Å²) in [7, 11) is 0. The number of aromatic nitrogens is 2. The predicted octanol–water partition coefficient (Wildman–Crippen LogP) is 1.80. The van der Waals surface area contributed by atoms with Gasteiger partial charge in [0, 0.05) is 25.0 Å². The second-order valence-corrected chi connectivity index (χ2v) is 4.81. The Morgan fingerprint density at radius 2 is 2.12 bits per heavy atom. The molecule has 0 atom stereocenters. The highest BCUT2D eigenvalue weighted by Gasteiger charge is 2.33. The minimum Gasteiger partial charge on any atom is -0.476 e. The highest BCUT2D eigenvalue weighted by atomic mass is 16.4. The summed E-state index contributed by atoms with van der Waals surface area (Å²) in [6.07, 6.45) is 5.20. The van der Waals surface area contributed by atoms with Crippen LogP contribution < -0.4 is 4.90 Å². The van der Waals surface area contributed by atoms with Crippen molar-refractivity contribution in [2.24, 2.45) is 5.92 Å². The van der Waals surface area contributed by atoms with Crippen molar-refractivity contribution in [2.75, 3.05) is 11.4 Å². The normalized spacial score (nSPS) is 15.0. The van der Waals surface area contributed by atoms with E-state index in [4.69, 9.17) is 5.11 Å². The van der Waals surface area contributed by atoms with Crippen molar-refractivity contribution in [3.05, 3.63) is 18.1 Å². The van der Waals surface area contributed by atoms with Crippen molar-refractivity contribution in [1.29, 1.82) is 0 Å². The van der Waals surface area contributed by atoms with Gasteiger partial charge in [-0.3, -0.25) is 0 Å². The quantitative estimate of drug-likeness (QED) is 0.843. The topological polar surface area (TPSA) is 66.3 Å². The molecule has 17 heavy (non-hydrogen) atoms. The van der Waals surface area contributed by atoms with Crippen molar-refractivity contribution < 1.29 is 9.90 Å². The van der Waals surface area contributed by atoms with E-state index >= 15 is 0 Å². The molecule has 1 aliphatic rings. The molecule has 1 saturated carbocycles.